The van der Waals surface area contributed by atoms with Crippen molar-refractivity contribution in [2.24, 2.45) is 17.3 Å². The number of benzene rings is 1. The average Bonchev–Trinajstić information content (AvgIpc) is 2.60. The normalized spacial score (nSPS) is 35.8. The first kappa shape index (κ1) is 17.6. The highest BCUT2D eigenvalue weighted by Gasteiger charge is 2.61. The number of ether oxygens (including phenoxy) is 1. The molecule has 1 aromatic carbocycles. The Morgan fingerprint density at radius 3 is 2.31 bits per heavy atom. The highest BCUT2D eigenvalue weighted by Crippen LogP contribution is 2.65. The van der Waals surface area contributed by atoms with Crippen LogP contribution in [0.3, 0.4) is 0 Å². The van der Waals surface area contributed by atoms with Crippen LogP contribution in [0.4, 0.5) is 0 Å². The van der Waals surface area contributed by atoms with Crippen LogP contribution in [-0.4, -0.2) is 25.0 Å². The summed E-state index contributed by atoms with van der Waals surface area (Å²) in [5, 5.41) is 2.95. The molecule has 1 amide bonds. The van der Waals surface area contributed by atoms with Crippen LogP contribution >= 0.6 is 0 Å². The minimum Gasteiger partial charge on any atom is -0.467 e. The molecular weight excluding hydrogens is 326 g/mol. The summed E-state index contributed by atoms with van der Waals surface area (Å²) in [5.74, 6) is 0.922. The molecule has 140 valence electrons. The van der Waals surface area contributed by atoms with Gasteiger partial charge in [0.05, 0.1) is 12.5 Å². The quantitative estimate of drug-likeness (QED) is 0.841. The number of aryl methyl sites for hydroxylation is 1. The van der Waals surface area contributed by atoms with Gasteiger partial charge < -0.3 is 10.1 Å². The molecule has 2 unspecified atom stereocenters. The van der Waals surface area contributed by atoms with Crippen LogP contribution < -0.4 is 5.32 Å². The van der Waals surface area contributed by atoms with Crippen LogP contribution in [0, 0.1) is 24.2 Å². The van der Waals surface area contributed by atoms with Crippen LogP contribution in [0.15, 0.2) is 24.3 Å². The fraction of sp³-hybridized carbons (Fsp3) is 0.636. The number of methoxy groups -OCH3 is 1. The van der Waals surface area contributed by atoms with E-state index in [1.807, 2.05) is 0 Å². The van der Waals surface area contributed by atoms with Crippen LogP contribution in [-0.2, 0) is 19.7 Å². The van der Waals surface area contributed by atoms with Gasteiger partial charge in [0.2, 0.25) is 5.91 Å². The third-order valence-corrected chi connectivity index (χ3v) is 7.11. The minimum absolute atomic E-state index is 0.0565. The molecule has 5 atom stereocenters. The molecule has 4 saturated carbocycles. The van der Waals surface area contributed by atoms with Crippen molar-refractivity contribution >= 4 is 11.9 Å². The minimum atomic E-state index is -0.587. The summed E-state index contributed by atoms with van der Waals surface area (Å²) >= 11 is 0. The maximum Gasteiger partial charge on any atom is 0.328 e. The fourth-order valence-electron chi connectivity index (χ4n) is 6.36. The van der Waals surface area contributed by atoms with Gasteiger partial charge in [0.1, 0.15) is 6.04 Å². The van der Waals surface area contributed by atoms with Gasteiger partial charge in [-0.25, -0.2) is 4.79 Å². The van der Waals surface area contributed by atoms with Crippen molar-refractivity contribution in [3.05, 3.63) is 35.4 Å². The molecule has 4 nitrogen and oxygen atoms in total. The molecule has 0 aliphatic heterocycles. The van der Waals surface area contributed by atoms with Crippen molar-refractivity contribution in [1.29, 1.82) is 0 Å². The second kappa shape index (κ2) is 6.11. The first-order chi connectivity index (χ1) is 12.4. The van der Waals surface area contributed by atoms with Gasteiger partial charge >= 0.3 is 5.97 Å². The Kier molecular flexibility index (Phi) is 4.13. The summed E-state index contributed by atoms with van der Waals surface area (Å²) in [6, 6.07) is 8.34. The van der Waals surface area contributed by atoms with Gasteiger partial charge in [-0.1, -0.05) is 29.8 Å². The maximum atomic E-state index is 13.2. The zero-order valence-corrected chi connectivity index (χ0v) is 16.0. The number of esters is 1. The predicted octanol–water partition coefficient (Wildman–Crippen LogP) is 3.51. The first-order valence-corrected chi connectivity index (χ1v) is 9.82. The van der Waals surface area contributed by atoms with E-state index in [4.69, 9.17) is 4.74 Å². The van der Waals surface area contributed by atoms with E-state index >= 15 is 0 Å². The number of carbonyl (C=O) groups is 2. The summed E-state index contributed by atoms with van der Waals surface area (Å²) in [7, 11) is 1.36. The van der Waals surface area contributed by atoms with E-state index in [-0.39, 0.29) is 22.7 Å². The highest BCUT2D eigenvalue weighted by molar-refractivity contribution is 5.88. The van der Waals surface area contributed by atoms with Crippen LogP contribution in [0.2, 0.25) is 0 Å². The standard InChI is InChI=1S/C22H29NO3/c1-14-4-6-18(7-5-14)21-9-16-8-17(10-21)12-22(11-16,13-21)20(25)23-15(2)19(24)26-3/h4-7,15-17H,8-13H2,1-3H3,(H,23,25)/t15-,16-,17+,21?,22?/m0/s1. The predicted molar refractivity (Wildman–Crippen MR) is 99.6 cm³/mol. The molecule has 0 aromatic heterocycles. The van der Waals surface area contributed by atoms with Crippen LogP contribution in [0.5, 0.6) is 0 Å². The summed E-state index contributed by atoms with van der Waals surface area (Å²) in [6.07, 6.45) is 6.51. The smallest absolute Gasteiger partial charge is 0.328 e. The molecule has 4 aliphatic carbocycles. The van der Waals surface area contributed by atoms with Crippen LogP contribution in [0.1, 0.15) is 56.6 Å². The maximum absolute atomic E-state index is 13.2. The molecule has 0 radical (unpaired) electrons. The Morgan fingerprint density at radius 2 is 1.73 bits per heavy atom. The van der Waals surface area contributed by atoms with Gasteiger partial charge in [-0.3, -0.25) is 4.79 Å². The van der Waals surface area contributed by atoms with Gasteiger partial charge in [-0.05, 0) is 75.2 Å². The van der Waals surface area contributed by atoms with Gasteiger partial charge in [-0.2, -0.15) is 0 Å². The second-order valence-corrected chi connectivity index (χ2v) is 9.11. The second-order valence-electron chi connectivity index (χ2n) is 9.11. The van der Waals surface area contributed by atoms with Gasteiger partial charge in [0, 0.05) is 0 Å². The van der Waals surface area contributed by atoms with Crippen molar-refractivity contribution in [2.45, 2.75) is 63.8 Å². The summed E-state index contributed by atoms with van der Waals surface area (Å²) in [6.45, 7) is 3.83. The lowest BCUT2D eigenvalue weighted by Gasteiger charge is -2.61. The first-order valence-electron chi connectivity index (χ1n) is 9.82. The Morgan fingerprint density at radius 1 is 1.12 bits per heavy atom. The molecule has 5 rings (SSSR count). The summed E-state index contributed by atoms with van der Waals surface area (Å²) in [5.41, 5.74) is 2.48. The molecule has 0 heterocycles. The molecule has 4 fully saturated rings. The van der Waals surface area contributed by atoms with Crippen molar-refractivity contribution in [3.8, 4) is 0 Å². The molecule has 1 aromatic rings. The topological polar surface area (TPSA) is 55.4 Å². The summed E-state index contributed by atoms with van der Waals surface area (Å²) < 4.78 is 4.78. The zero-order chi connectivity index (χ0) is 18.5. The monoisotopic (exact) mass is 355 g/mol. The number of nitrogens with one attached hydrogen (secondary N) is 1. The van der Waals surface area contributed by atoms with Crippen molar-refractivity contribution in [1.82, 2.24) is 5.32 Å². The molecule has 4 bridgehead atoms. The van der Waals surface area contributed by atoms with E-state index in [9.17, 15) is 9.59 Å². The number of amides is 1. The SMILES string of the molecule is COC(=O)[C@H](C)NC(=O)C12C[C@H]3C[C@@H](C1)CC(c1ccc(C)cc1)(C3)C2. The lowest BCUT2D eigenvalue weighted by Crippen LogP contribution is -2.60. The third-order valence-electron chi connectivity index (χ3n) is 7.11. The number of carbonyl (C=O) groups excluding carboxylic acids is 2. The summed E-state index contributed by atoms with van der Waals surface area (Å²) in [4.78, 5) is 25.0. The lowest BCUT2D eigenvalue weighted by atomic mass is 9.42. The zero-order valence-electron chi connectivity index (χ0n) is 16.0. The van der Waals surface area contributed by atoms with Crippen molar-refractivity contribution in [3.63, 3.8) is 0 Å². The number of hydrogen-bond donors (Lipinski definition) is 1. The molecular formula is C22H29NO3. The van der Waals surface area contributed by atoms with Crippen molar-refractivity contribution < 1.29 is 14.3 Å². The fourth-order valence-corrected chi connectivity index (χ4v) is 6.36. The lowest BCUT2D eigenvalue weighted by molar-refractivity contribution is -0.154. The molecule has 0 spiro atoms. The number of rotatable bonds is 4. The Balaban J connectivity index is 1.63. The van der Waals surface area contributed by atoms with E-state index < -0.39 is 6.04 Å². The Labute approximate surface area is 155 Å². The van der Waals surface area contributed by atoms with E-state index in [0.29, 0.717) is 11.8 Å². The van der Waals surface area contributed by atoms with Gasteiger partial charge in [0.25, 0.3) is 0 Å². The van der Waals surface area contributed by atoms with E-state index in [1.165, 1.54) is 37.5 Å². The van der Waals surface area contributed by atoms with E-state index in [2.05, 4.69) is 36.5 Å². The number of hydrogen-bond acceptors (Lipinski definition) is 3. The molecule has 4 heteroatoms. The largest absolute Gasteiger partial charge is 0.467 e. The average molecular weight is 355 g/mol. The molecule has 26 heavy (non-hydrogen) atoms. The van der Waals surface area contributed by atoms with Gasteiger partial charge in [-0.15, -0.1) is 0 Å². The Hall–Kier alpha value is -1.84. The molecule has 4 aliphatic rings. The Bertz CT molecular complexity index is 709. The third kappa shape index (κ3) is 2.74. The highest BCUT2D eigenvalue weighted by atomic mass is 16.5. The molecule has 0 saturated heterocycles. The van der Waals surface area contributed by atoms with Crippen molar-refractivity contribution in [2.75, 3.05) is 7.11 Å². The van der Waals surface area contributed by atoms with E-state index in [1.54, 1.807) is 6.92 Å². The van der Waals surface area contributed by atoms with Gasteiger partial charge in [0.15, 0.2) is 0 Å². The molecule has 1 N–H and O–H groups in total. The van der Waals surface area contributed by atoms with E-state index in [0.717, 1.165) is 19.3 Å². The van der Waals surface area contributed by atoms with Crippen LogP contribution in [0.25, 0.3) is 0 Å².